The van der Waals surface area contributed by atoms with Gasteiger partial charge in [-0.3, -0.25) is 14.9 Å². The van der Waals surface area contributed by atoms with E-state index in [-0.39, 0.29) is 6.07 Å². The minimum absolute atomic E-state index is 0.284. The van der Waals surface area contributed by atoms with Gasteiger partial charge in [0.05, 0.1) is 22.6 Å². The Bertz CT molecular complexity index is 558. The summed E-state index contributed by atoms with van der Waals surface area (Å²) in [5.41, 5.74) is -6.38. The molecule has 0 aliphatic carbocycles. The van der Waals surface area contributed by atoms with Crippen molar-refractivity contribution in [3.8, 4) is 0 Å². The summed E-state index contributed by atoms with van der Waals surface area (Å²) < 4.78 is 63.1. The zero-order valence-corrected chi connectivity index (χ0v) is 9.32. The minimum atomic E-state index is -5.36. The van der Waals surface area contributed by atoms with Crippen LogP contribution in [0.15, 0.2) is 6.07 Å². The second-order valence-electron chi connectivity index (χ2n) is 3.53. The van der Waals surface area contributed by atoms with Crippen LogP contribution in [-0.4, -0.2) is 21.0 Å². The second kappa shape index (κ2) is 5.35. The number of carboxylic acid groups (broad SMARTS) is 1. The monoisotopic (exact) mass is 300 g/mol. The van der Waals surface area contributed by atoms with E-state index >= 15 is 0 Å². The number of halogens is 5. The maximum Gasteiger partial charge on any atom is 0.440 e. The third kappa shape index (κ3) is 3.36. The number of aliphatic carboxylic acids is 1. The van der Waals surface area contributed by atoms with Crippen LogP contribution in [0.3, 0.4) is 0 Å². The molecular weight excluding hydrogens is 295 g/mol. The largest absolute Gasteiger partial charge is 0.481 e. The van der Waals surface area contributed by atoms with E-state index in [1.165, 1.54) is 0 Å². The van der Waals surface area contributed by atoms with Crippen molar-refractivity contribution in [3.05, 3.63) is 33.1 Å². The van der Waals surface area contributed by atoms with E-state index in [1.807, 2.05) is 0 Å². The van der Waals surface area contributed by atoms with E-state index in [9.17, 15) is 36.9 Å². The van der Waals surface area contributed by atoms with Gasteiger partial charge in [0.1, 0.15) is 0 Å². The summed E-state index contributed by atoms with van der Waals surface area (Å²) in [7, 11) is 0. The maximum absolute atomic E-state index is 12.6. The Balaban J connectivity index is 3.64. The van der Waals surface area contributed by atoms with Crippen LogP contribution in [0, 0.1) is 10.1 Å². The molecule has 1 aromatic rings. The predicted octanol–water partition coefficient (Wildman–Crippen LogP) is 2.57. The Morgan fingerprint density at radius 2 is 2.00 bits per heavy atom. The molecule has 1 aromatic heterocycles. The molecule has 1 heterocycles. The molecule has 0 aromatic carbocycles. The molecule has 6 nitrogen and oxygen atoms in total. The summed E-state index contributed by atoms with van der Waals surface area (Å²) in [4.78, 5) is 22.1. The van der Waals surface area contributed by atoms with Crippen LogP contribution in [0.25, 0.3) is 0 Å². The van der Waals surface area contributed by atoms with Crippen molar-refractivity contribution < 1.29 is 36.8 Å². The molecule has 0 fully saturated rings. The molecule has 1 N–H and O–H groups in total. The molecule has 0 aliphatic heterocycles. The number of carbonyl (C=O) groups is 1. The Morgan fingerprint density at radius 1 is 1.45 bits per heavy atom. The van der Waals surface area contributed by atoms with E-state index in [0.717, 1.165) is 0 Å². The van der Waals surface area contributed by atoms with Gasteiger partial charge in [0.2, 0.25) is 5.69 Å². The van der Waals surface area contributed by atoms with E-state index in [0.29, 0.717) is 0 Å². The molecule has 0 spiro atoms. The van der Waals surface area contributed by atoms with Gasteiger partial charge in [-0.1, -0.05) is 0 Å². The topological polar surface area (TPSA) is 93.3 Å². The van der Waals surface area contributed by atoms with Crippen molar-refractivity contribution in [2.75, 3.05) is 0 Å². The van der Waals surface area contributed by atoms with Gasteiger partial charge in [0.25, 0.3) is 6.43 Å². The van der Waals surface area contributed by atoms with Gasteiger partial charge in [-0.2, -0.15) is 13.2 Å². The van der Waals surface area contributed by atoms with Gasteiger partial charge in [-0.05, 0) is 6.07 Å². The van der Waals surface area contributed by atoms with Crippen LogP contribution in [-0.2, 0) is 17.4 Å². The third-order valence-electron chi connectivity index (χ3n) is 2.09. The number of aromatic nitrogens is 1. The van der Waals surface area contributed by atoms with Crippen molar-refractivity contribution in [2.45, 2.75) is 19.0 Å². The van der Waals surface area contributed by atoms with Gasteiger partial charge in [0.15, 0.2) is 0 Å². The molecule has 11 heteroatoms. The fourth-order valence-electron chi connectivity index (χ4n) is 1.41. The van der Waals surface area contributed by atoms with Crippen LogP contribution in [0.5, 0.6) is 0 Å². The molecular formula is C9H5F5N2O4. The Hall–Kier alpha value is -2.33. The number of hydrogen-bond acceptors (Lipinski definition) is 4. The molecule has 110 valence electrons. The highest BCUT2D eigenvalue weighted by atomic mass is 19.4. The molecule has 20 heavy (non-hydrogen) atoms. The van der Waals surface area contributed by atoms with Crippen molar-refractivity contribution >= 4 is 11.7 Å². The Labute approximate surface area is 107 Å². The second-order valence-corrected chi connectivity index (χ2v) is 3.53. The number of nitrogens with zero attached hydrogens (tertiary/aromatic N) is 2. The lowest BCUT2D eigenvalue weighted by molar-refractivity contribution is -0.390. The van der Waals surface area contributed by atoms with Gasteiger partial charge in [-0.15, -0.1) is 0 Å². The zero-order chi connectivity index (χ0) is 15.7. The molecule has 0 radical (unpaired) electrons. The maximum atomic E-state index is 12.6. The number of rotatable bonds is 4. The van der Waals surface area contributed by atoms with Crippen molar-refractivity contribution in [3.63, 3.8) is 0 Å². The van der Waals surface area contributed by atoms with E-state index < -0.39 is 52.6 Å². The van der Waals surface area contributed by atoms with E-state index in [1.54, 1.807) is 0 Å². The van der Waals surface area contributed by atoms with Crippen LogP contribution >= 0.6 is 0 Å². The zero-order valence-electron chi connectivity index (χ0n) is 9.32. The number of nitro groups is 1. The SMILES string of the molecule is O=C(O)Cc1cc(C(F)F)c([N+](=O)[O-])c(C(F)(F)F)n1. The summed E-state index contributed by atoms with van der Waals surface area (Å²) >= 11 is 0. The van der Waals surface area contributed by atoms with Crippen molar-refractivity contribution in [2.24, 2.45) is 0 Å². The molecule has 0 amide bonds. The van der Waals surface area contributed by atoms with E-state index in [4.69, 9.17) is 5.11 Å². The minimum Gasteiger partial charge on any atom is -0.481 e. The highest BCUT2D eigenvalue weighted by molar-refractivity contribution is 5.70. The summed E-state index contributed by atoms with van der Waals surface area (Å²) in [5, 5.41) is 19.0. The van der Waals surface area contributed by atoms with Gasteiger partial charge < -0.3 is 5.11 Å². The molecule has 0 saturated carbocycles. The van der Waals surface area contributed by atoms with Crippen LogP contribution in [0.2, 0.25) is 0 Å². The molecule has 1 rings (SSSR count). The molecule has 0 atom stereocenters. The standard InChI is InChI=1S/C9H5F5N2O4/c10-8(11)4-1-3(2-5(17)18)15-7(9(12,13)14)6(4)16(19)20/h1,8H,2H2,(H,17,18). The quantitative estimate of drug-likeness (QED) is 0.524. The number of pyridine rings is 1. The summed E-state index contributed by atoms with van der Waals surface area (Å²) in [6, 6.07) is 0.284. The van der Waals surface area contributed by atoms with Crippen LogP contribution in [0.4, 0.5) is 27.6 Å². The first-order valence-electron chi connectivity index (χ1n) is 4.79. The normalized spacial score (nSPS) is 11.7. The molecule has 0 saturated heterocycles. The number of hydrogen-bond donors (Lipinski definition) is 1. The molecule has 0 aliphatic rings. The third-order valence-corrected chi connectivity index (χ3v) is 2.09. The molecule has 0 bridgehead atoms. The summed E-state index contributed by atoms with van der Waals surface area (Å²) in [5.74, 6) is -1.61. The highest BCUT2D eigenvalue weighted by Gasteiger charge is 2.44. The lowest BCUT2D eigenvalue weighted by Crippen LogP contribution is -2.16. The van der Waals surface area contributed by atoms with Gasteiger partial charge in [0, 0.05) is 0 Å². The fourth-order valence-corrected chi connectivity index (χ4v) is 1.41. The fraction of sp³-hybridized carbons (Fsp3) is 0.333. The number of alkyl halides is 5. The van der Waals surface area contributed by atoms with Crippen LogP contribution in [0.1, 0.15) is 23.4 Å². The lowest BCUT2D eigenvalue weighted by Gasteiger charge is -2.11. The average Bonchev–Trinajstić information content (AvgIpc) is 2.25. The number of carboxylic acids is 1. The average molecular weight is 300 g/mol. The lowest BCUT2D eigenvalue weighted by atomic mass is 10.1. The Morgan fingerprint density at radius 3 is 2.35 bits per heavy atom. The first-order valence-corrected chi connectivity index (χ1v) is 4.79. The highest BCUT2D eigenvalue weighted by Crippen LogP contribution is 2.40. The van der Waals surface area contributed by atoms with Crippen molar-refractivity contribution in [1.29, 1.82) is 0 Å². The summed E-state index contributed by atoms with van der Waals surface area (Å²) in [6.45, 7) is 0. The predicted molar refractivity (Wildman–Crippen MR) is 52.2 cm³/mol. The van der Waals surface area contributed by atoms with Gasteiger partial charge in [-0.25, -0.2) is 13.8 Å². The Kier molecular flexibility index (Phi) is 4.20. The first-order chi connectivity index (χ1) is 9.04. The summed E-state index contributed by atoms with van der Waals surface area (Å²) in [6.07, 6.45) is -10.0. The molecule has 0 unspecified atom stereocenters. The smallest absolute Gasteiger partial charge is 0.440 e. The first kappa shape index (κ1) is 15.7. The van der Waals surface area contributed by atoms with E-state index in [2.05, 4.69) is 4.98 Å². The van der Waals surface area contributed by atoms with Gasteiger partial charge >= 0.3 is 17.8 Å². The van der Waals surface area contributed by atoms with Crippen LogP contribution < -0.4 is 0 Å². The van der Waals surface area contributed by atoms with Crippen molar-refractivity contribution in [1.82, 2.24) is 4.98 Å².